The Labute approximate surface area is 159 Å². The van der Waals surface area contributed by atoms with Crippen molar-refractivity contribution in [3.63, 3.8) is 0 Å². The summed E-state index contributed by atoms with van der Waals surface area (Å²) in [7, 11) is 0. The van der Waals surface area contributed by atoms with Crippen LogP contribution >= 0.6 is 0 Å². The Morgan fingerprint density at radius 2 is 1.46 bits per heavy atom. The van der Waals surface area contributed by atoms with E-state index < -0.39 is 0 Å². The fourth-order valence-corrected chi connectivity index (χ4v) is 2.90. The molecule has 0 radical (unpaired) electrons. The van der Waals surface area contributed by atoms with Crippen LogP contribution in [0.15, 0.2) is 24.5 Å². The molecule has 0 aliphatic rings. The van der Waals surface area contributed by atoms with Gasteiger partial charge in [-0.2, -0.15) is 0 Å². The van der Waals surface area contributed by atoms with Crippen LogP contribution in [0.1, 0.15) is 89.4 Å². The van der Waals surface area contributed by atoms with Crippen LogP contribution in [0.3, 0.4) is 0 Å². The number of aromatic nitrogens is 1. The molecule has 0 aliphatic carbocycles. The van der Waals surface area contributed by atoms with E-state index >= 15 is 0 Å². The number of rotatable bonds is 14. The Morgan fingerprint density at radius 3 is 1.96 bits per heavy atom. The van der Waals surface area contributed by atoms with Gasteiger partial charge < -0.3 is 4.74 Å². The second-order valence-electron chi connectivity index (χ2n) is 7.17. The molecule has 0 saturated carbocycles. The third kappa shape index (κ3) is 8.68. The summed E-state index contributed by atoms with van der Waals surface area (Å²) in [5, 5.41) is 0. The lowest BCUT2D eigenvalue weighted by Crippen LogP contribution is -2.44. The van der Waals surface area contributed by atoms with Crippen molar-refractivity contribution >= 4 is 5.97 Å². The summed E-state index contributed by atoms with van der Waals surface area (Å²) in [6, 6.07) is 3.53. The van der Waals surface area contributed by atoms with Crippen molar-refractivity contribution in [2.75, 3.05) is 13.2 Å². The number of nitrogens with zero attached hydrogens (tertiary/aromatic N) is 1. The topological polar surface area (TPSA) is 39.4 Å². The largest absolute Gasteiger partial charge is 0.462 e. The highest BCUT2D eigenvalue weighted by Crippen LogP contribution is 2.14. The van der Waals surface area contributed by atoms with E-state index in [1.54, 1.807) is 29.3 Å². The van der Waals surface area contributed by atoms with Crippen LogP contribution in [0.2, 0.25) is 0 Å². The summed E-state index contributed by atoms with van der Waals surface area (Å²) in [4.78, 5) is 18.0. The molecule has 0 saturated heterocycles. The van der Waals surface area contributed by atoms with Crippen molar-refractivity contribution < 1.29 is 19.1 Å². The molecule has 2 atom stereocenters. The van der Waals surface area contributed by atoms with Crippen molar-refractivity contribution in [2.45, 2.75) is 79.1 Å². The van der Waals surface area contributed by atoms with E-state index in [0.29, 0.717) is 30.6 Å². The Hall–Kier alpha value is -1.58. The van der Waals surface area contributed by atoms with Gasteiger partial charge in [0.2, 0.25) is 12.4 Å². The van der Waals surface area contributed by atoms with Gasteiger partial charge in [-0.25, -0.2) is 4.79 Å². The van der Waals surface area contributed by atoms with Crippen LogP contribution in [-0.2, 0) is 4.74 Å². The number of carbonyl (C=O) groups is 1. The standard InChI is InChI=1S/C22H38NO3/c1-5-9-11-19(7-3)17-25-22(24)21-13-15-23(16-14-21)26-18-20(8-4)12-10-6-2/h13-16,19-20H,5-12,17-18H2,1-4H3/q+1. The van der Waals surface area contributed by atoms with E-state index in [-0.39, 0.29) is 5.97 Å². The van der Waals surface area contributed by atoms with Crippen LogP contribution < -0.4 is 9.57 Å². The monoisotopic (exact) mass is 364 g/mol. The zero-order valence-electron chi connectivity index (χ0n) is 17.2. The zero-order chi connectivity index (χ0) is 19.2. The number of ether oxygens (including phenoxy) is 1. The first-order chi connectivity index (χ1) is 12.6. The second kappa shape index (κ2) is 13.6. The van der Waals surface area contributed by atoms with Gasteiger partial charge in [0.1, 0.15) is 0 Å². The molecule has 4 heteroatoms. The molecular weight excluding hydrogens is 326 g/mol. The Kier molecular flexibility index (Phi) is 11.7. The Morgan fingerprint density at radius 1 is 0.923 bits per heavy atom. The quantitative estimate of drug-likeness (QED) is 0.345. The minimum Gasteiger partial charge on any atom is -0.462 e. The van der Waals surface area contributed by atoms with Gasteiger partial charge in [-0.3, -0.25) is 4.84 Å². The summed E-state index contributed by atoms with van der Waals surface area (Å²) in [6.45, 7) is 9.98. The molecule has 0 fully saturated rings. The van der Waals surface area contributed by atoms with E-state index in [2.05, 4.69) is 27.7 Å². The highest BCUT2D eigenvalue weighted by atomic mass is 16.7. The third-order valence-electron chi connectivity index (χ3n) is 5.03. The van der Waals surface area contributed by atoms with Crippen LogP contribution in [0.5, 0.6) is 0 Å². The van der Waals surface area contributed by atoms with Gasteiger partial charge in [-0.1, -0.05) is 59.8 Å². The SMILES string of the molecule is CCCCC(CC)COC(=O)c1cc[n+](OCC(CC)CCCC)cc1. The minimum absolute atomic E-state index is 0.249. The van der Waals surface area contributed by atoms with Gasteiger partial charge in [-0.15, -0.1) is 0 Å². The van der Waals surface area contributed by atoms with E-state index in [9.17, 15) is 4.79 Å². The second-order valence-corrected chi connectivity index (χ2v) is 7.17. The smallest absolute Gasteiger partial charge is 0.338 e. The van der Waals surface area contributed by atoms with Crippen molar-refractivity contribution in [3.05, 3.63) is 30.1 Å². The van der Waals surface area contributed by atoms with Crippen LogP contribution in [-0.4, -0.2) is 19.2 Å². The van der Waals surface area contributed by atoms with Gasteiger partial charge >= 0.3 is 5.97 Å². The van der Waals surface area contributed by atoms with E-state index in [1.165, 1.54) is 32.1 Å². The normalized spacial score (nSPS) is 13.2. The maximum atomic E-state index is 12.2. The molecule has 0 spiro atoms. The molecule has 0 bridgehead atoms. The molecule has 1 aromatic rings. The molecule has 0 N–H and O–H groups in total. The molecule has 1 rings (SSSR count). The molecule has 4 nitrogen and oxygen atoms in total. The average molecular weight is 365 g/mol. The summed E-state index contributed by atoms with van der Waals surface area (Å²) in [6.07, 6.45) is 12.9. The van der Waals surface area contributed by atoms with Gasteiger partial charge in [0.05, 0.1) is 12.2 Å². The highest BCUT2D eigenvalue weighted by Gasteiger charge is 2.15. The first-order valence-electron chi connectivity index (χ1n) is 10.5. The van der Waals surface area contributed by atoms with Gasteiger partial charge in [0, 0.05) is 16.9 Å². The van der Waals surface area contributed by atoms with Gasteiger partial charge in [0.25, 0.3) is 0 Å². The molecule has 0 aliphatic heterocycles. The predicted molar refractivity (Wildman–Crippen MR) is 105 cm³/mol. The summed E-state index contributed by atoms with van der Waals surface area (Å²) in [5.74, 6) is 0.799. The lowest BCUT2D eigenvalue weighted by molar-refractivity contribution is -0.892. The van der Waals surface area contributed by atoms with Crippen molar-refractivity contribution in [2.24, 2.45) is 11.8 Å². The van der Waals surface area contributed by atoms with E-state index in [1.807, 2.05) is 0 Å². The molecule has 1 aromatic heterocycles. The first kappa shape index (κ1) is 22.5. The highest BCUT2D eigenvalue weighted by molar-refractivity contribution is 5.88. The van der Waals surface area contributed by atoms with Crippen LogP contribution in [0.4, 0.5) is 0 Å². The first-order valence-corrected chi connectivity index (χ1v) is 10.5. The minimum atomic E-state index is -0.249. The molecule has 0 aromatic carbocycles. The maximum Gasteiger partial charge on any atom is 0.338 e. The summed E-state index contributed by atoms with van der Waals surface area (Å²) in [5.41, 5.74) is 0.577. The Balaban J connectivity index is 2.44. The number of esters is 1. The summed E-state index contributed by atoms with van der Waals surface area (Å²) >= 11 is 0. The number of hydrogen-bond acceptors (Lipinski definition) is 3. The molecule has 0 amide bonds. The van der Waals surface area contributed by atoms with Crippen molar-refractivity contribution in [1.29, 1.82) is 0 Å². The van der Waals surface area contributed by atoms with Crippen molar-refractivity contribution in [1.82, 2.24) is 0 Å². The molecule has 26 heavy (non-hydrogen) atoms. The fourth-order valence-electron chi connectivity index (χ4n) is 2.90. The number of hydrogen-bond donors (Lipinski definition) is 0. The van der Waals surface area contributed by atoms with Gasteiger partial charge in [-0.05, 0) is 31.1 Å². The maximum absolute atomic E-state index is 12.2. The third-order valence-corrected chi connectivity index (χ3v) is 5.03. The molecule has 2 unspecified atom stereocenters. The zero-order valence-corrected chi connectivity index (χ0v) is 17.2. The van der Waals surface area contributed by atoms with E-state index in [0.717, 1.165) is 19.3 Å². The summed E-state index contributed by atoms with van der Waals surface area (Å²) < 4.78 is 7.17. The average Bonchev–Trinajstić information content (AvgIpc) is 2.68. The van der Waals surface area contributed by atoms with E-state index in [4.69, 9.17) is 9.57 Å². The van der Waals surface area contributed by atoms with Crippen LogP contribution in [0, 0.1) is 11.8 Å². The molecule has 1 heterocycles. The van der Waals surface area contributed by atoms with Gasteiger partial charge in [0.15, 0.2) is 6.61 Å². The number of unbranched alkanes of at least 4 members (excludes halogenated alkanes) is 2. The lowest BCUT2D eigenvalue weighted by atomic mass is 10.0. The molecule has 148 valence electrons. The lowest BCUT2D eigenvalue weighted by Gasteiger charge is -2.14. The number of pyridine rings is 1. The molecular formula is C22H38NO3+. The Bertz CT molecular complexity index is 487. The van der Waals surface area contributed by atoms with Crippen LogP contribution in [0.25, 0.3) is 0 Å². The predicted octanol–water partition coefficient (Wildman–Crippen LogP) is 4.99. The van der Waals surface area contributed by atoms with Crippen molar-refractivity contribution in [3.8, 4) is 0 Å². The number of carbonyl (C=O) groups excluding carboxylic acids is 1. The fraction of sp³-hybridized carbons (Fsp3) is 0.727.